The highest BCUT2D eigenvalue weighted by atomic mass is 35.5. The lowest BCUT2D eigenvalue weighted by molar-refractivity contribution is 0.408. The number of para-hydroxylation sites is 1. The van der Waals surface area contributed by atoms with Crippen LogP contribution in [0.5, 0.6) is 23.1 Å². The van der Waals surface area contributed by atoms with Crippen molar-refractivity contribution in [1.29, 1.82) is 0 Å². The van der Waals surface area contributed by atoms with E-state index in [9.17, 15) is 0 Å². The van der Waals surface area contributed by atoms with Crippen LogP contribution in [0, 0.1) is 0 Å². The Morgan fingerprint density at radius 1 is 0.920 bits per heavy atom. The molecule has 1 heterocycles. The molecule has 0 bridgehead atoms. The molecular formula is C19H17ClN2O3. The van der Waals surface area contributed by atoms with E-state index in [0.717, 1.165) is 22.6 Å². The summed E-state index contributed by atoms with van der Waals surface area (Å²) in [5.74, 6) is 2.85. The maximum Gasteiger partial charge on any atom is 0.222 e. The summed E-state index contributed by atoms with van der Waals surface area (Å²) in [4.78, 5) is 8.48. The summed E-state index contributed by atoms with van der Waals surface area (Å²) < 4.78 is 16.5. The van der Waals surface area contributed by atoms with E-state index in [2.05, 4.69) is 9.97 Å². The summed E-state index contributed by atoms with van der Waals surface area (Å²) in [7, 11) is 3.23. The highest BCUT2D eigenvalue weighted by molar-refractivity contribution is 6.17. The average Bonchev–Trinajstić information content (AvgIpc) is 2.68. The predicted molar refractivity (Wildman–Crippen MR) is 96.6 cm³/mol. The molecule has 0 saturated carbocycles. The highest BCUT2D eigenvalue weighted by Gasteiger charge is 2.10. The number of rotatable bonds is 6. The second kappa shape index (κ2) is 7.85. The summed E-state index contributed by atoms with van der Waals surface area (Å²) in [6.07, 6.45) is 1.46. The molecule has 0 radical (unpaired) electrons. The lowest BCUT2D eigenvalue weighted by atomic mass is 10.1. The normalized spacial score (nSPS) is 10.4. The molecule has 1 aromatic heterocycles. The van der Waals surface area contributed by atoms with Crippen molar-refractivity contribution in [2.24, 2.45) is 0 Å². The lowest BCUT2D eigenvalue weighted by Crippen LogP contribution is -1.95. The van der Waals surface area contributed by atoms with Gasteiger partial charge in [-0.15, -0.1) is 11.6 Å². The minimum atomic E-state index is 0.330. The van der Waals surface area contributed by atoms with Gasteiger partial charge in [-0.25, -0.2) is 9.97 Å². The van der Waals surface area contributed by atoms with Crippen LogP contribution >= 0.6 is 11.6 Å². The molecule has 0 aliphatic rings. The number of nitrogens with zero attached hydrogens (tertiary/aromatic N) is 2. The molecule has 0 N–H and O–H groups in total. The molecule has 3 rings (SSSR count). The number of ether oxygens (including phenoxy) is 3. The van der Waals surface area contributed by atoms with Gasteiger partial charge in [0.05, 0.1) is 25.8 Å². The molecule has 0 aliphatic heterocycles. The first kappa shape index (κ1) is 17.0. The fourth-order valence-corrected chi connectivity index (χ4v) is 2.65. The standard InChI is InChI=1S/C19H17ClN2O3/c1-23-17-8-7-14(9-13(17)11-20)25-19-10-16(21-12-22-19)15-5-3-4-6-18(15)24-2/h3-10,12H,11H2,1-2H3. The summed E-state index contributed by atoms with van der Waals surface area (Å²) in [6, 6.07) is 14.9. The number of methoxy groups -OCH3 is 2. The Hall–Kier alpha value is -2.79. The Morgan fingerprint density at radius 3 is 2.48 bits per heavy atom. The molecule has 3 aromatic rings. The molecule has 0 fully saturated rings. The third-order valence-electron chi connectivity index (χ3n) is 3.64. The summed E-state index contributed by atoms with van der Waals surface area (Å²) in [6.45, 7) is 0. The van der Waals surface area contributed by atoms with Gasteiger partial charge in [-0.3, -0.25) is 0 Å². The Kier molecular flexibility index (Phi) is 5.36. The fraction of sp³-hybridized carbons (Fsp3) is 0.158. The zero-order chi connectivity index (χ0) is 17.6. The van der Waals surface area contributed by atoms with Crippen molar-refractivity contribution >= 4 is 11.6 Å². The molecule has 2 aromatic carbocycles. The van der Waals surface area contributed by atoms with E-state index in [4.69, 9.17) is 25.8 Å². The van der Waals surface area contributed by atoms with E-state index in [1.807, 2.05) is 36.4 Å². The number of aromatic nitrogens is 2. The van der Waals surface area contributed by atoms with Crippen LogP contribution in [0.2, 0.25) is 0 Å². The van der Waals surface area contributed by atoms with Crippen molar-refractivity contribution in [1.82, 2.24) is 9.97 Å². The lowest BCUT2D eigenvalue weighted by Gasteiger charge is -2.11. The van der Waals surface area contributed by atoms with E-state index in [1.165, 1.54) is 6.33 Å². The van der Waals surface area contributed by atoms with Gasteiger partial charge in [0, 0.05) is 17.2 Å². The SMILES string of the molecule is COc1ccc(Oc2cc(-c3ccccc3OC)ncn2)cc1CCl. The topological polar surface area (TPSA) is 53.5 Å². The first-order valence-corrected chi connectivity index (χ1v) is 8.14. The van der Waals surface area contributed by atoms with Crippen molar-refractivity contribution in [2.45, 2.75) is 5.88 Å². The minimum Gasteiger partial charge on any atom is -0.496 e. The van der Waals surface area contributed by atoms with Gasteiger partial charge in [-0.2, -0.15) is 0 Å². The van der Waals surface area contributed by atoms with Crippen molar-refractivity contribution in [3.63, 3.8) is 0 Å². The van der Waals surface area contributed by atoms with Gasteiger partial charge >= 0.3 is 0 Å². The Bertz CT molecular complexity index is 871. The minimum absolute atomic E-state index is 0.330. The highest BCUT2D eigenvalue weighted by Crippen LogP contribution is 2.31. The predicted octanol–water partition coefficient (Wildman–Crippen LogP) is 4.69. The second-order valence-electron chi connectivity index (χ2n) is 5.15. The molecule has 0 aliphatic carbocycles. The number of hydrogen-bond donors (Lipinski definition) is 0. The molecule has 25 heavy (non-hydrogen) atoms. The van der Waals surface area contributed by atoms with E-state index < -0.39 is 0 Å². The van der Waals surface area contributed by atoms with Gasteiger partial charge < -0.3 is 14.2 Å². The summed E-state index contributed by atoms with van der Waals surface area (Å²) >= 11 is 5.95. The largest absolute Gasteiger partial charge is 0.496 e. The molecule has 0 amide bonds. The smallest absolute Gasteiger partial charge is 0.222 e. The monoisotopic (exact) mass is 356 g/mol. The van der Waals surface area contributed by atoms with Gasteiger partial charge in [-0.1, -0.05) is 12.1 Å². The van der Waals surface area contributed by atoms with Crippen LogP contribution < -0.4 is 14.2 Å². The first-order valence-electron chi connectivity index (χ1n) is 7.61. The van der Waals surface area contributed by atoms with Crippen molar-refractivity contribution < 1.29 is 14.2 Å². The van der Waals surface area contributed by atoms with Gasteiger partial charge in [0.25, 0.3) is 0 Å². The van der Waals surface area contributed by atoms with Crippen LogP contribution in [0.4, 0.5) is 0 Å². The zero-order valence-electron chi connectivity index (χ0n) is 13.9. The molecular weight excluding hydrogens is 340 g/mol. The summed E-state index contributed by atoms with van der Waals surface area (Å²) in [5.41, 5.74) is 2.43. The van der Waals surface area contributed by atoms with Gasteiger partial charge in [0.1, 0.15) is 23.6 Å². The molecule has 0 atom stereocenters. The van der Waals surface area contributed by atoms with Crippen LogP contribution in [-0.4, -0.2) is 24.2 Å². The maximum absolute atomic E-state index is 5.95. The van der Waals surface area contributed by atoms with Crippen molar-refractivity contribution in [3.05, 3.63) is 60.4 Å². The van der Waals surface area contributed by atoms with Crippen molar-refractivity contribution in [2.75, 3.05) is 14.2 Å². The Balaban J connectivity index is 1.90. The average molecular weight is 357 g/mol. The number of benzene rings is 2. The van der Waals surface area contributed by atoms with Crippen LogP contribution in [-0.2, 0) is 5.88 Å². The molecule has 0 unspecified atom stereocenters. The van der Waals surface area contributed by atoms with E-state index in [1.54, 1.807) is 26.4 Å². The third kappa shape index (κ3) is 3.83. The Labute approximate surface area is 151 Å². The second-order valence-corrected chi connectivity index (χ2v) is 5.42. The van der Waals surface area contributed by atoms with Crippen LogP contribution in [0.15, 0.2) is 54.9 Å². The maximum atomic E-state index is 5.95. The van der Waals surface area contributed by atoms with Crippen LogP contribution in [0.25, 0.3) is 11.3 Å². The first-order chi connectivity index (χ1) is 12.2. The van der Waals surface area contributed by atoms with Crippen LogP contribution in [0.3, 0.4) is 0 Å². The van der Waals surface area contributed by atoms with Gasteiger partial charge in [-0.05, 0) is 30.3 Å². The molecule has 5 nitrogen and oxygen atoms in total. The molecule has 6 heteroatoms. The number of hydrogen-bond acceptors (Lipinski definition) is 5. The van der Waals surface area contributed by atoms with Crippen molar-refractivity contribution in [3.8, 4) is 34.4 Å². The van der Waals surface area contributed by atoms with E-state index in [0.29, 0.717) is 23.2 Å². The molecule has 0 spiro atoms. The Morgan fingerprint density at radius 2 is 1.72 bits per heavy atom. The zero-order valence-corrected chi connectivity index (χ0v) is 14.7. The van der Waals surface area contributed by atoms with E-state index in [-0.39, 0.29) is 0 Å². The van der Waals surface area contributed by atoms with Crippen LogP contribution in [0.1, 0.15) is 5.56 Å². The number of halogens is 1. The number of alkyl halides is 1. The molecule has 128 valence electrons. The van der Waals surface area contributed by atoms with Gasteiger partial charge in [0.2, 0.25) is 5.88 Å². The van der Waals surface area contributed by atoms with E-state index >= 15 is 0 Å². The molecule has 0 saturated heterocycles. The third-order valence-corrected chi connectivity index (χ3v) is 3.93. The fourth-order valence-electron chi connectivity index (χ4n) is 2.44. The van der Waals surface area contributed by atoms with Gasteiger partial charge in [0.15, 0.2) is 0 Å². The summed E-state index contributed by atoms with van der Waals surface area (Å²) in [5, 5.41) is 0. The quantitative estimate of drug-likeness (QED) is 0.599.